The SMILES string of the molecule is CCn1c(-c2cccnc2C(C)C)c(CC(C)(C)CO)c2nc(-c3csc(C[C@H](NC(=O)OC(C)(C)C)C(=O)N4CCC[C@@H](C(=O)O)N4)n3)ccc21. The fourth-order valence-electron chi connectivity index (χ4n) is 6.50. The van der Waals surface area contributed by atoms with E-state index in [2.05, 4.69) is 48.2 Å². The standard InChI is InChI=1S/C38H51N7O6S/c1-9-44-29-15-14-25(41-32(29)24(19-38(7,8)21-46)33(44)23-12-10-16-39-31(23)22(2)3)28-20-52-30(40-28)18-27(42-36(50)51-37(4,5)6)34(47)45-17-11-13-26(43-45)35(48)49/h10,12,14-16,20,22,26-27,43,46H,9,11,13,17-19,21H2,1-8H3,(H,42,50)(H,48,49)/t26-,27-/m0/s1. The zero-order valence-electron chi connectivity index (χ0n) is 31.3. The van der Waals surface area contributed by atoms with E-state index in [1.165, 1.54) is 16.3 Å². The van der Waals surface area contributed by atoms with Crippen LogP contribution in [0.25, 0.3) is 33.7 Å². The number of aryl methyl sites for hydroxylation is 1. The Morgan fingerprint density at radius 3 is 2.52 bits per heavy atom. The largest absolute Gasteiger partial charge is 0.480 e. The average Bonchev–Trinajstić information content (AvgIpc) is 3.68. The van der Waals surface area contributed by atoms with Crippen LogP contribution in [0.5, 0.6) is 0 Å². The average molecular weight is 734 g/mol. The molecule has 4 aromatic heterocycles. The minimum absolute atomic E-state index is 0.00554. The van der Waals surface area contributed by atoms with Crippen molar-refractivity contribution in [1.82, 2.24) is 35.3 Å². The van der Waals surface area contributed by atoms with Crippen LogP contribution in [0, 0.1) is 5.41 Å². The zero-order chi connectivity index (χ0) is 38.0. The van der Waals surface area contributed by atoms with Gasteiger partial charge in [-0.2, -0.15) is 0 Å². The Bertz CT molecular complexity index is 1930. The molecule has 1 aliphatic rings. The molecule has 5 heterocycles. The number of pyridine rings is 2. The number of carbonyl (C=O) groups is 3. The lowest BCUT2D eigenvalue weighted by Crippen LogP contribution is -2.60. The third kappa shape index (κ3) is 8.79. The molecule has 0 aromatic carbocycles. The second kappa shape index (κ2) is 15.7. The molecule has 280 valence electrons. The van der Waals surface area contributed by atoms with Gasteiger partial charge >= 0.3 is 12.1 Å². The number of carboxylic acid groups (broad SMARTS) is 1. The smallest absolute Gasteiger partial charge is 0.408 e. The van der Waals surface area contributed by atoms with Crippen molar-refractivity contribution >= 4 is 40.3 Å². The number of carboxylic acids is 1. The molecule has 1 aliphatic heterocycles. The quantitative estimate of drug-likeness (QED) is 0.137. The first-order valence-corrected chi connectivity index (χ1v) is 18.7. The lowest BCUT2D eigenvalue weighted by molar-refractivity contribution is -0.147. The number of hydrogen-bond acceptors (Lipinski definition) is 10. The van der Waals surface area contributed by atoms with Gasteiger partial charge in [0.1, 0.15) is 17.7 Å². The summed E-state index contributed by atoms with van der Waals surface area (Å²) in [6.45, 7) is 16.7. The summed E-state index contributed by atoms with van der Waals surface area (Å²) in [5.74, 6) is -1.33. The van der Waals surface area contributed by atoms with Crippen molar-refractivity contribution in [2.24, 2.45) is 5.41 Å². The molecule has 0 bridgehead atoms. The normalized spacial score (nSPS) is 16.0. The van der Waals surface area contributed by atoms with Crippen LogP contribution in [-0.2, 0) is 33.7 Å². The van der Waals surface area contributed by atoms with Crippen LogP contribution in [0.2, 0.25) is 0 Å². The van der Waals surface area contributed by atoms with Crippen LogP contribution < -0.4 is 10.7 Å². The number of hydrogen-bond donors (Lipinski definition) is 4. The fraction of sp³-hybridized carbons (Fsp3) is 0.526. The van der Waals surface area contributed by atoms with Gasteiger partial charge in [0.15, 0.2) is 0 Å². The number of alkyl carbamates (subject to hydrolysis) is 1. The van der Waals surface area contributed by atoms with Gasteiger partial charge in [0.05, 0.1) is 38.8 Å². The maximum atomic E-state index is 13.8. The number of carbonyl (C=O) groups excluding carboxylic acids is 2. The van der Waals surface area contributed by atoms with Gasteiger partial charge < -0.3 is 24.8 Å². The summed E-state index contributed by atoms with van der Waals surface area (Å²) in [4.78, 5) is 53.1. The lowest BCUT2D eigenvalue weighted by Gasteiger charge is -2.34. The van der Waals surface area contributed by atoms with E-state index in [9.17, 15) is 24.6 Å². The van der Waals surface area contributed by atoms with E-state index in [1.54, 1.807) is 20.8 Å². The molecule has 4 aromatic rings. The summed E-state index contributed by atoms with van der Waals surface area (Å²) >= 11 is 1.35. The highest BCUT2D eigenvalue weighted by molar-refractivity contribution is 7.10. The van der Waals surface area contributed by atoms with Crippen molar-refractivity contribution in [2.75, 3.05) is 13.2 Å². The van der Waals surface area contributed by atoms with E-state index >= 15 is 0 Å². The van der Waals surface area contributed by atoms with Gasteiger partial charge in [0.25, 0.3) is 5.91 Å². The molecule has 0 radical (unpaired) electrons. The third-order valence-electron chi connectivity index (χ3n) is 8.98. The van der Waals surface area contributed by atoms with Crippen molar-refractivity contribution in [3.8, 4) is 22.6 Å². The van der Waals surface area contributed by atoms with Crippen LogP contribution in [0.3, 0.4) is 0 Å². The molecular weight excluding hydrogens is 683 g/mol. The fourth-order valence-corrected chi connectivity index (χ4v) is 7.34. The topological polar surface area (TPSA) is 172 Å². The third-order valence-corrected chi connectivity index (χ3v) is 9.85. The van der Waals surface area contributed by atoms with E-state index in [0.717, 1.165) is 33.5 Å². The van der Waals surface area contributed by atoms with Gasteiger partial charge in [0, 0.05) is 48.8 Å². The van der Waals surface area contributed by atoms with Crippen LogP contribution in [-0.4, -0.2) is 83.5 Å². The van der Waals surface area contributed by atoms with Gasteiger partial charge in [-0.25, -0.2) is 20.2 Å². The molecule has 1 saturated heterocycles. The van der Waals surface area contributed by atoms with Crippen molar-refractivity contribution in [1.29, 1.82) is 0 Å². The number of nitrogens with one attached hydrogen (secondary N) is 2. The molecule has 2 amide bonds. The number of nitrogens with zero attached hydrogens (tertiary/aromatic N) is 5. The minimum atomic E-state index is -1.06. The first-order valence-electron chi connectivity index (χ1n) is 17.8. The van der Waals surface area contributed by atoms with E-state index < -0.39 is 41.1 Å². The Kier molecular flexibility index (Phi) is 11.7. The molecule has 1 fully saturated rings. The number of ether oxygens (including phenoxy) is 1. The maximum Gasteiger partial charge on any atom is 0.408 e. The maximum absolute atomic E-state index is 13.8. The highest BCUT2D eigenvalue weighted by Crippen LogP contribution is 2.40. The molecule has 0 aliphatic carbocycles. The molecule has 4 N–H and O–H groups in total. The molecule has 0 saturated carbocycles. The predicted octanol–water partition coefficient (Wildman–Crippen LogP) is 5.94. The Morgan fingerprint density at radius 2 is 1.87 bits per heavy atom. The van der Waals surface area contributed by atoms with Crippen molar-refractivity contribution in [3.05, 3.63) is 52.1 Å². The molecule has 13 nitrogen and oxygen atoms in total. The minimum Gasteiger partial charge on any atom is -0.480 e. The Labute approximate surface area is 308 Å². The second-order valence-corrected chi connectivity index (χ2v) is 16.3. The summed E-state index contributed by atoms with van der Waals surface area (Å²) in [5, 5.41) is 26.3. The number of aromatic nitrogens is 4. The van der Waals surface area contributed by atoms with Gasteiger partial charge in [-0.3, -0.25) is 19.6 Å². The summed E-state index contributed by atoms with van der Waals surface area (Å²) in [6, 6.07) is 6.09. The van der Waals surface area contributed by atoms with Crippen molar-refractivity contribution in [2.45, 2.75) is 111 Å². The van der Waals surface area contributed by atoms with Crippen LogP contribution in [0.1, 0.15) is 90.4 Å². The van der Waals surface area contributed by atoms with Gasteiger partial charge in [-0.15, -0.1) is 11.3 Å². The van der Waals surface area contributed by atoms with Crippen LogP contribution in [0.15, 0.2) is 35.8 Å². The van der Waals surface area contributed by atoms with E-state index in [1.807, 2.05) is 37.6 Å². The Morgan fingerprint density at radius 1 is 1.12 bits per heavy atom. The monoisotopic (exact) mass is 733 g/mol. The molecular formula is C38H51N7O6S. The van der Waals surface area contributed by atoms with E-state index in [4.69, 9.17) is 19.7 Å². The van der Waals surface area contributed by atoms with Gasteiger partial charge in [-0.05, 0) is 82.6 Å². The first kappa shape index (κ1) is 38.8. The lowest BCUT2D eigenvalue weighted by atomic mass is 9.85. The number of rotatable bonds is 12. The number of aliphatic hydroxyl groups excluding tert-OH is 1. The first-order chi connectivity index (χ1) is 24.5. The summed E-state index contributed by atoms with van der Waals surface area (Å²) in [5.41, 5.74) is 8.78. The van der Waals surface area contributed by atoms with Gasteiger partial charge in [-0.1, -0.05) is 27.7 Å². The summed E-state index contributed by atoms with van der Waals surface area (Å²) < 4.78 is 7.73. The number of hydrazine groups is 1. The highest BCUT2D eigenvalue weighted by Gasteiger charge is 2.34. The summed E-state index contributed by atoms with van der Waals surface area (Å²) in [7, 11) is 0. The molecule has 2 atom stereocenters. The predicted molar refractivity (Wildman–Crippen MR) is 201 cm³/mol. The number of fused-ring (bicyclic) bond motifs is 1. The van der Waals surface area contributed by atoms with Crippen molar-refractivity contribution < 1.29 is 29.3 Å². The van der Waals surface area contributed by atoms with Crippen LogP contribution >= 0.6 is 11.3 Å². The van der Waals surface area contributed by atoms with Crippen LogP contribution in [0.4, 0.5) is 4.79 Å². The molecule has 52 heavy (non-hydrogen) atoms. The highest BCUT2D eigenvalue weighted by atomic mass is 32.1. The zero-order valence-corrected chi connectivity index (χ0v) is 32.1. The number of aliphatic hydroxyl groups is 1. The molecule has 14 heteroatoms. The Balaban J connectivity index is 1.53. The molecule has 0 spiro atoms. The Hall–Kier alpha value is -4.40. The number of aliphatic carboxylic acids is 1. The molecule has 0 unspecified atom stereocenters. The van der Waals surface area contributed by atoms with E-state index in [0.29, 0.717) is 48.7 Å². The second-order valence-electron chi connectivity index (χ2n) is 15.4. The molecule has 5 rings (SSSR count). The number of thiazole rings is 1. The van der Waals surface area contributed by atoms with Crippen molar-refractivity contribution in [3.63, 3.8) is 0 Å². The summed E-state index contributed by atoms with van der Waals surface area (Å²) in [6.07, 6.45) is 2.60. The van der Waals surface area contributed by atoms with Gasteiger partial charge in [0.2, 0.25) is 0 Å². The number of amides is 2. The van der Waals surface area contributed by atoms with E-state index in [-0.39, 0.29) is 18.9 Å².